The van der Waals surface area contributed by atoms with E-state index >= 15 is 0 Å². The molecule has 0 bridgehead atoms. The van der Waals surface area contributed by atoms with Gasteiger partial charge in [-0.15, -0.1) is 0 Å². The number of sulfonamides is 1. The van der Waals surface area contributed by atoms with E-state index < -0.39 is 27.3 Å². The minimum atomic E-state index is -3.80. The van der Waals surface area contributed by atoms with Crippen LogP contribution in [0.4, 0.5) is 4.39 Å². The first kappa shape index (κ1) is 15.9. The van der Waals surface area contributed by atoms with Crippen molar-refractivity contribution in [1.29, 1.82) is 0 Å². The number of halogens is 1. The van der Waals surface area contributed by atoms with Crippen LogP contribution in [-0.2, 0) is 20.6 Å². The number of carboxylic acid groups (broad SMARTS) is 1. The van der Waals surface area contributed by atoms with Crippen molar-refractivity contribution in [3.05, 3.63) is 35.6 Å². The molecule has 0 saturated heterocycles. The first-order valence-electron chi connectivity index (χ1n) is 6.82. The Labute approximate surface area is 123 Å². The van der Waals surface area contributed by atoms with Crippen LogP contribution in [0.25, 0.3) is 0 Å². The SMILES string of the molecule is O=C(O)C1(NS(=O)(=O)Cc2ccc(F)cc2)CCCCC1. The van der Waals surface area contributed by atoms with Gasteiger partial charge in [0.1, 0.15) is 11.4 Å². The van der Waals surface area contributed by atoms with E-state index in [0.29, 0.717) is 31.2 Å². The molecule has 2 N–H and O–H groups in total. The lowest BCUT2D eigenvalue weighted by Crippen LogP contribution is -2.55. The van der Waals surface area contributed by atoms with Crippen LogP contribution in [0.15, 0.2) is 24.3 Å². The van der Waals surface area contributed by atoms with Gasteiger partial charge in [-0.1, -0.05) is 31.4 Å². The van der Waals surface area contributed by atoms with Gasteiger partial charge in [0.25, 0.3) is 0 Å². The number of carboxylic acids is 1. The summed E-state index contributed by atoms with van der Waals surface area (Å²) in [6, 6.07) is 5.11. The number of aliphatic carboxylic acids is 1. The van der Waals surface area contributed by atoms with Crippen LogP contribution in [0.1, 0.15) is 37.7 Å². The molecule has 1 saturated carbocycles. The Bertz CT molecular complexity index is 606. The fourth-order valence-corrected chi connectivity index (χ4v) is 4.24. The van der Waals surface area contributed by atoms with Gasteiger partial charge in [0.2, 0.25) is 10.0 Å². The van der Waals surface area contributed by atoms with E-state index in [9.17, 15) is 22.7 Å². The summed E-state index contributed by atoms with van der Waals surface area (Å²) in [5.74, 6) is -1.94. The molecule has 2 rings (SSSR count). The molecule has 5 nitrogen and oxygen atoms in total. The molecule has 0 atom stereocenters. The van der Waals surface area contributed by atoms with Gasteiger partial charge < -0.3 is 5.11 Å². The number of rotatable bonds is 5. The Balaban J connectivity index is 2.15. The Kier molecular flexibility index (Phi) is 4.63. The zero-order chi connectivity index (χ0) is 15.5. The summed E-state index contributed by atoms with van der Waals surface area (Å²) < 4.78 is 39.6. The maximum Gasteiger partial charge on any atom is 0.324 e. The molecule has 0 aliphatic heterocycles. The summed E-state index contributed by atoms with van der Waals surface area (Å²) in [5, 5.41) is 9.38. The summed E-state index contributed by atoms with van der Waals surface area (Å²) in [4.78, 5) is 11.5. The minimum absolute atomic E-state index is 0.297. The van der Waals surface area contributed by atoms with E-state index in [2.05, 4.69) is 4.72 Å². The van der Waals surface area contributed by atoms with E-state index in [-0.39, 0.29) is 5.75 Å². The second-order valence-electron chi connectivity index (χ2n) is 5.44. The van der Waals surface area contributed by atoms with Crippen LogP contribution >= 0.6 is 0 Å². The van der Waals surface area contributed by atoms with Crippen LogP contribution < -0.4 is 4.72 Å². The lowest BCUT2D eigenvalue weighted by Gasteiger charge is -2.33. The topological polar surface area (TPSA) is 83.5 Å². The van der Waals surface area contributed by atoms with E-state index in [1.165, 1.54) is 24.3 Å². The third-order valence-electron chi connectivity index (χ3n) is 3.74. The van der Waals surface area contributed by atoms with E-state index in [4.69, 9.17) is 0 Å². The van der Waals surface area contributed by atoms with Gasteiger partial charge in [-0.2, -0.15) is 4.72 Å². The van der Waals surface area contributed by atoms with Gasteiger partial charge in [0.05, 0.1) is 5.75 Å². The molecule has 21 heavy (non-hydrogen) atoms. The lowest BCUT2D eigenvalue weighted by atomic mass is 9.83. The number of hydrogen-bond donors (Lipinski definition) is 2. The smallest absolute Gasteiger partial charge is 0.324 e. The summed E-state index contributed by atoms with van der Waals surface area (Å²) in [6.45, 7) is 0. The second kappa shape index (κ2) is 6.11. The molecule has 1 fully saturated rings. The van der Waals surface area contributed by atoms with Crippen molar-refractivity contribution in [3.63, 3.8) is 0 Å². The van der Waals surface area contributed by atoms with Crippen LogP contribution in [0, 0.1) is 5.82 Å². The Morgan fingerprint density at radius 1 is 1.19 bits per heavy atom. The largest absolute Gasteiger partial charge is 0.480 e. The zero-order valence-corrected chi connectivity index (χ0v) is 12.3. The number of benzene rings is 1. The fourth-order valence-electron chi connectivity index (χ4n) is 2.65. The molecule has 116 valence electrons. The quantitative estimate of drug-likeness (QED) is 0.871. The molecule has 0 spiro atoms. The first-order valence-corrected chi connectivity index (χ1v) is 8.48. The Morgan fingerprint density at radius 3 is 2.29 bits per heavy atom. The van der Waals surface area contributed by atoms with Crippen molar-refractivity contribution >= 4 is 16.0 Å². The predicted octanol–water partition coefficient (Wildman–Crippen LogP) is 2.03. The van der Waals surface area contributed by atoms with E-state index in [1.54, 1.807) is 0 Å². The molecule has 1 aromatic carbocycles. The number of carbonyl (C=O) groups is 1. The van der Waals surface area contributed by atoms with Crippen molar-refractivity contribution < 1.29 is 22.7 Å². The highest BCUT2D eigenvalue weighted by atomic mass is 32.2. The summed E-state index contributed by atoms with van der Waals surface area (Å²) in [5.41, 5.74) is -0.989. The van der Waals surface area contributed by atoms with E-state index in [0.717, 1.165) is 6.42 Å². The highest BCUT2D eigenvalue weighted by Crippen LogP contribution is 2.29. The van der Waals surface area contributed by atoms with Gasteiger partial charge in [-0.3, -0.25) is 4.79 Å². The highest BCUT2D eigenvalue weighted by molar-refractivity contribution is 7.88. The lowest BCUT2D eigenvalue weighted by molar-refractivity contribution is -0.145. The molecule has 0 heterocycles. The number of nitrogens with one attached hydrogen (secondary N) is 1. The molecule has 0 unspecified atom stereocenters. The molecule has 0 radical (unpaired) electrons. The third kappa shape index (κ3) is 4.01. The van der Waals surface area contributed by atoms with Crippen LogP contribution in [0.3, 0.4) is 0 Å². The molecule has 1 aromatic rings. The molecule has 1 aliphatic rings. The fraction of sp³-hybridized carbons (Fsp3) is 0.500. The summed E-state index contributed by atoms with van der Waals surface area (Å²) >= 11 is 0. The average molecular weight is 315 g/mol. The average Bonchev–Trinajstić information content (AvgIpc) is 2.41. The number of hydrogen-bond acceptors (Lipinski definition) is 3. The third-order valence-corrected chi connectivity index (χ3v) is 5.15. The van der Waals surface area contributed by atoms with E-state index in [1.807, 2.05) is 0 Å². The molecule has 0 aromatic heterocycles. The van der Waals surface area contributed by atoms with Crippen LogP contribution in [-0.4, -0.2) is 25.0 Å². The van der Waals surface area contributed by atoms with Crippen molar-refractivity contribution in [2.75, 3.05) is 0 Å². The Hall–Kier alpha value is -1.47. The standard InChI is InChI=1S/C14H18FNO4S/c15-12-6-4-11(5-7-12)10-21(19,20)16-14(13(17)18)8-2-1-3-9-14/h4-7,16H,1-3,8-10H2,(H,17,18). The molecule has 1 aliphatic carbocycles. The Morgan fingerprint density at radius 2 is 1.76 bits per heavy atom. The van der Waals surface area contributed by atoms with Gasteiger partial charge >= 0.3 is 5.97 Å². The van der Waals surface area contributed by atoms with Crippen molar-refractivity contribution in [2.24, 2.45) is 0 Å². The van der Waals surface area contributed by atoms with Crippen molar-refractivity contribution in [1.82, 2.24) is 4.72 Å². The summed E-state index contributed by atoms with van der Waals surface area (Å²) in [7, 11) is -3.80. The summed E-state index contributed by atoms with van der Waals surface area (Å²) in [6.07, 6.45) is 2.88. The zero-order valence-electron chi connectivity index (χ0n) is 11.5. The molecular weight excluding hydrogens is 297 g/mol. The van der Waals surface area contributed by atoms with Gasteiger partial charge in [0.15, 0.2) is 0 Å². The highest BCUT2D eigenvalue weighted by Gasteiger charge is 2.42. The van der Waals surface area contributed by atoms with Crippen molar-refractivity contribution in [2.45, 2.75) is 43.4 Å². The maximum absolute atomic E-state index is 12.8. The minimum Gasteiger partial charge on any atom is -0.480 e. The first-order chi connectivity index (χ1) is 9.83. The molecular formula is C14H18FNO4S. The normalized spacial score (nSPS) is 18.3. The second-order valence-corrected chi connectivity index (χ2v) is 7.16. The predicted molar refractivity (Wildman–Crippen MR) is 75.6 cm³/mol. The van der Waals surface area contributed by atoms with Gasteiger partial charge in [-0.25, -0.2) is 12.8 Å². The van der Waals surface area contributed by atoms with Crippen LogP contribution in [0.2, 0.25) is 0 Å². The maximum atomic E-state index is 12.8. The van der Waals surface area contributed by atoms with Crippen LogP contribution in [0.5, 0.6) is 0 Å². The van der Waals surface area contributed by atoms with Crippen molar-refractivity contribution in [3.8, 4) is 0 Å². The molecule has 7 heteroatoms. The van der Waals surface area contributed by atoms with Gasteiger partial charge in [0, 0.05) is 0 Å². The monoisotopic (exact) mass is 315 g/mol. The van der Waals surface area contributed by atoms with Gasteiger partial charge in [-0.05, 0) is 30.5 Å². The molecule has 0 amide bonds.